The van der Waals surface area contributed by atoms with E-state index in [0.29, 0.717) is 44.0 Å². The Morgan fingerprint density at radius 3 is 2.58 bits per heavy atom. The highest BCUT2D eigenvalue weighted by Gasteiger charge is 2.18. The van der Waals surface area contributed by atoms with Crippen molar-refractivity contribution >= 4 is 45.6 Å². The van der Waals surface area contributed by atoms with Gasteiger partial charge in [0.15, 0.2) is 0 Å². The highest BCUT2D eigenvalue weighted by Crippen LogP contribution is 2.33. The van der Waals surface area contributed by atoms with Gasteiger partial charge in [0.2, 0.25) is 5.88 Å². The molecule has 2 aromatic carbocycles. The first-order valence-electron chi connectivity index (χ1n) is 11.3. The fraction of sp³-hybridized carbons (Fsp3) is 0.148. The molecule has 5 rings (SSSR count). The number of anilines is 2. The predicted octanol–water partition coefficient (Wildman–Crippen LogP) is 7.03. The summed E-state index contributed by atoms with van der Waals surface area (Å²) in [4.78, 5) is 13.9. The number of aromatic nitrogens is 3. The average molecular weight is 522 g/mol. The molecule has 1 aliphatic heterocycles. The molecule has 0 saturated carbocycles. The number of benzene rings is 3. The maximum atomic E-state index is 14.2. The van der Waals surface area contributed by atoms with Gasteiger partial charge >= 0.3 is 0 Å². The van der Waals surface area contributed by atoms with Crippen molar-refractivity contribution in [1.82, 2.24) is 14.5 Å². The van der Waals surface area contributed by atoms with Crippen molar-refractivity contribution in [1.29, 1.82) is 0 Å². The Bertz CT molecular complexity index is 1630. The van der Waals surface area contributed by atoms with Crippen molar-refractivity contribution in [3.8, 4) is 23.0 Å². The Hall–Kier alpha value is -3.68. The van der Waals surface area contributed by atoms with Gasteiger partial charge in [0, 0.05) is 24.0 Å². The van der Waals surface area contributed by atoms with Crippen LogP contribution in [0.25, 0.3) is 28.1 Å². The van der Waals surface area contributed by atoms with Crippen LogP contribution in [0.2, 0.25) is 10.0 Å². The topological polar surface area (TPSA) is 64.3 Å². The Morgan fingerprint density at radius 1 is 1.00 bits per heavy atom. The molecule has 36 heavy (non-hydrogen) atoms. The minimum atomic E-state index is -0.375. The monoisotopic (exact) mass is 521 g/mol. The zero-order chi connectivity index (χ0) is 25.4. The molecule has 0 radical (unpaired) electrons. The van der Waals surface area contributed by atoms with Gasteiger partial charge in [0.05, 0.1) is 50.6 Å². The molecular formula is C27H22Cl2FN5O. The summed E-state index contributed by atoms with van der Waals surface area (Å²) in [6.07, 6.45) is 1.66. The van der Waals surface area contributed by atoms with E-state index in [1.807, 2.05) is 48.7 Å². The van der Waals surface area contributed by atoms with Gasteiger partial charge in [-0.05, 0) is 68.4 Å². The number of nitrogens with zero attached hydrogens (tertiary/aromatic N) is 4. The van der Waals surface area contributed by atoms with E-state index in [9.17, 15) is 4.39 Å². The smallest absolute Gasteiger partial charge is 0.237 e. The predicted molar refractivity (Wildman–Crippen MR) is 142 cm³/mol. The maximum Gasteiger partial charge on any atom is 0.237 e. The molecule has 0 saturated heterocycles. The second kappa shape index (κ2) is 9.76. The summed E-state index contributed by atoms with van der Waals surface area (Å²) in [5.41, 5.74) is 4.77. The van der Waals surface area contributed by atoms with E-state index in [1.165, 1.54) is 12.1 Å². The van der Waals surface area contributed by atoms with E-state index in [-0.39, 0.29) is 11.9 Å². The van der Waals surface area contributed by atoms with Gasteiger partial charge in [-0.2, -0.15) is 0 Å². The van der Waals surface area contributed by atoms with Gasteiger partial charge in [-0.3, -0.25) is 4.99 Å². The van der Waals surface area contributed by atoms with Crippen molar-refractivity contribution in [2.45, 2.75) is 19.9 Å². The molecule has 0 fully saturated rings. The number of nitrogens with one attached hydrogen (secondary N) is 1. The van der Waals surface area contributed by atoms with Crippen LogP contribution >= 0.6 is 23.2 Å². The summed E-state index contributed by atoms with van der Waals surface area (Å²) in [6, 6.07) is 17.5. The molecule has 1 aliphatic carbocycles. The first-order valence-corrected chi connectivity index (χ1v) is 12.0. The number of ether oxygens (including phenoxy) is 1. The normalized spacial score (nSPS) is 12.0. The van der Waals surface area contributed by atoms with Gasteiger partial charge in [0.1, 0.15) is 11.5 Å². The van der Waals surface area contributed by atoms with Crippen LogP contribution in [-0.4, -0.2) is 27.7 Å². The number of hydrogen-bond acceptors (Lipinski definition) is 5. The number of hydrogen-bond donors (Lipinski definition) is 1. The molecule has 0 unspecified atom stereocenters. The van der Waals surface area contributed by atoms with E-state index in [4.69, 9.17) is 37.9 Å². The van der Waals surface area contributed by atoms with Crippen LogP contribution in [0.15, 0.2) is 71.9 Å². The SMILES string of the molecule is COc1ncccc1Nc1cc2nc3cc(F)ccc3n(-c3ccc(Cl)c(Cl)c3)c-2c/c1=N\C(C)C. The number of halogens is 3. The first kappa shape index (κ1) is 24.0. The van der Waals surface area contributed by atoms with Gasteiger partial charge in [-0.25, -0.2) is 14.4 Å². The van der Waals surface area contributed by atoms with Gasteiger partial charge in [-0.15, -0.1) is 0 Å². The van der Waals surface area contributed by atoms with E-state index in [2.05, 4.69) is 10.3 Å². The molecule has 2 heterocycles. The van der Waals surface area contributed by atoms with Crippen molar-refractivity contribution in [2.75, 3.05) is 12.4 Å². The molecule has 182 valence electrons. The standard InChI is InChI=1S/C27H22Cl2FN5O/c1-15(2)32-22-14-26-24(13-21(22)33-20-5-4-10-31-27(20)36-3)34-23-11-16(30)6-9-25(23)35(26)17-7-8-18(28)19(29)12-17/h4-15,33H,1-3H3/b32-22+. The van der Waals surface area contributed by atoms with Crippen molar-refractivity contribution in [2.24, 2.45) is 4.99 Å². The van der Waals surface area contributed by atoms with E-state index < -0.39 is 0 Å². The number of methoxy groups -OCH3 is 1. The molecule has 0 spiro atoms. The quantitative estimate of drug-likeness (QED) is 0.252. The third-order valence-electron chi connectivity index (χ3n) is 5.55. The molecule has 9 heteroatoms. The minimum absolute atomic E-state index is 0.0275. The van der Waals surface area contributed by atoms with Crippen molar-refractivity contribution < 1.29 is 9.13 Å². The lowest BCUT2D eigenvalue weighted by atomic mass is 10.1. The zero-order valence-corrected chi connectivity index (χ0v) is 21.3. The summed E-state index contributed by atoms with van der Waals surface area (Å²) < 4.78 is 21.6. The van der Waals surface area contributed by atoms with Crippen molar-refractivity contribution in [3.63, 3.8) is 0 Å². The molecule has 3 aromatic rings. The van der Waals surface area contributed by atoms with Crippen LogP contribution in [0.3, 0.4) is 0 Å². The van der Waals surface area contributed by atoms with Crippen LogP contribution in [0, 0.1) is 5.82 Å². The summed E-state index contributed by atoms with van der Waals surface area (Å²) >= 11 is 12.6. The maximum absolute atomic E-state index is 14.2. The van der Waals surface area contributed by atoms with Gasteiger partial charge in [0.25, 0.3) is 0 Å². The fourth-order valence-electron chi connectivity index (χ4n) is 4.05. The summed E-state index contributed by atoms with van der Waals surface area (Å²) in [7, 11) is 1.57. The van der Waals surface area contributed by atoms with Crippen molar-refractivity contribution in [3.05, 3.63) is 88.1 Å². The van der Waals surface area contributed by atoms with Crippen LogP contribution in [-0.2, 0) is 0 Å². The van der Waals surface area contributed by atoms with E-state index in [1.54, 1.807) is 31.5 Å². The zero-order valence-electron chi connectivity index (χ0n) is 19.8. The van der Waals surface area contributed by atoms with Crippen LogP contribution in [0.4, 0.5) is 15.8 Å². The number of pyridine rings is 1. The lowest BCUT2D eigenvalue weighted by Gasteiger charge is -2.21. The number of fused-ring (bicyclic) bond motifs is 2. The fourth-order valence-corrected chi connectivity index (χ4v) is 4.34. The van der Waals surface area contributed by atoms with Gasteiger partial charge in [-0.1, -0.05) is 23.2 Å². The Morgan fingerprint density at radius 2 is 1.83 bits per heavy atom. The lowest BCUT2D eigenvalue weighted by Crippen LogP contribution is -2.17. The molecule has 0 bridgehead atoms. The molecule has 2 aliphatic rings. The largest absolute Gasteiger partial charge is 0.480 e. The van der Waals surface area contributed by atoms with E-state index in [0.717, 1.165) is 16.7 Å². The number of rotatable bonds is 5. The third-order valence-corrected chi connectivity index (χ3v) is 6.28. The second-order valence-electron chi connectivity index (χ2n) is 8.44. The highest BCUT2D eigenvalue weighted by molar-refractivity contribution is 6.42. The molecule has 1 N–H and O–H groups in total. The first-order chi connectivity index (χ1) is 17.3. The Balaban J connectivity index is 1.84. The lowest BCUT2D eigenvalue weighted by molar-refractivity contribution is 0.400. The second-order valence-corrected chi connectivity index (χ2v) is 9.26. The Labute approximate surface area is 217 Å². The summed E-state index contributed by atoms with van der Waals surface area (Å²) in [5.74, 6) is 0.0763. The highest BCUT2D eigenvalue weighted by atomic mass is 35.5. The van der Waals surface area contributed by atoms with Crippen LogP contribution in [0.5, 0.6) is 5.88 Å². The third kappa shape index (κ3) is 4.59. The molecule has 1 aromatic heterocycles. The average Bonchev–Trinajstić information content (AvgIpc) is 2.85. The molecule has 0 atom stereocenters. The molecule has 6 nitrogen and oxygen atoms in total. The minimum Gasteiger partial charge on any atom is -0.480 e. The van der Waals surface area contributed by atoms with E-state index >= 15 is 0 Å². The van der Waals surface area contributed by atoms with Gasteiger partial charge < -0.3 is 14.6 Å². The van der Waals surface area contributed by atoms with Crippen LogP contribution < -0.4 is 15.4 Å². The molecular weight excluding hydrogens is 500 g/mol. The summed E-state index contributed by atoms with van der Waals surface area (Å²) in [5, 5.41) is 4.96. The molecule has 0 amide bonds. The van der Waals surface area contributed by atoms with Crippen LogP contribution in [0.1, 0.15) is 13.8 Å². The Kier molecular flexibility index (Phi) is 6.51. The summed E-state index contributed by atoms with van der Waals surface area (Å²) in [6.45, 7) is 4.01.